The average Bonchev–Trinajstić information content (AvgIpc) is 2.26. The fraction of sp³-hybridized carbons (Fsp3) is 0.364. The van der Waals surface area contributed by atoms with E-state index in [1.807, 2.05) is 0 Å². The molecule has 0 aliphatic rings. The van der Waals surface area contributed by atoms with E-state index in [9.17, 15) is 9.18 Å². The molecule has 0 radical (unpaired) electrons. The molecule has 0 heterocycles. The molecule has 5 heteroatoms. The Balaban J connectivity index is 2.57. The normalized spacial score (nSPS) is 10.1. The van der Waals surface area contributed by atoms with Gasteiger partial charge in [0.1, 0.15) is 0 Å². The summed E-state index contributed by atoms with van der Waals surface area (Å²) in [4.78, 5) is 10.5. The molecule has 1 aromatic rings. The Kier molecular flexibility index (Phi) is 4.72. The summed E-state index contributed by atoms with van der Waals surface area (Å²) < 4.78 is 18.4. The summed E-state index contributed by atoms with van der Waals surface area (Å²) >= 11 is 0. The van der Waals surface area contributed by atoms with Crippen LogP contribution in [0.15, 0.2) is 18.2 Å². The van der Waals surface area contributed by atoms with Gasteiger partial charge in [-0.1, -0.05) is 0 Å². The predicted molar refractivity (Wildman–Crippen MR) is 55.2 cm³/mol. The number of benzene rings is 1. The lowest BCUT2D eigenvalue weighted by Crippen LogP contribution is -2.02. The quantitative estimate of drug-likeness (QED) is 0.727. The van der Waals surface area contributed by atoms with Crippen molar-refractivity contribution in [2.45, 2.75) is 12.8 Å². The molecule has 0 spiro atoms. The number of unbranched alkanes of at least 4 members (excludes halogenated alkanes) is 1. The van der Waals surface area contributed by atoms with Crippen LogP contribution in [-0.2, 0) is 0 Å². The van der Waals surface area contributed by atoms with Gasteiger partial charge in [0.2, 0.25) is 0 Å². The van der Waals surface area contributed by atoms with Crippen molar-refractivity contribution in [3.8, 4) is 5.75 Å². The Morgan fingerprint density at radius 3 is 2.69 bits per heavy atom. The molecule has 0 aliphatic heterocycles. The van der Waals surface area contributed by atoms with Crippen molar-refractivity contribution < 1.29 is 24.1 Å². The van der Waals surface area contributed by atoms with Crippen LogP contribution < -0.4 is 4.74 Å². The van der Waals surface area contributed by atoms with Gasteiger partial charge in [0.05, 0.1) is 12.2 Å². The number of hydrogen-bond donors (Lipinski definition) is 2. The highest BCUT2D eigenvalue weighted by atomic mass is 19.1. The second-order valence-corrected chi connectivity index (χ2v) is 3.23. The van der Waals surface area contributed by atoms with Crippen molar-refractivity contribution in [2.24, 2.45) is 0 Å². The standard InChI is InChI=1S/C11H13FO4/c12-9-7-8(11(14)15)3-4-10(9)16-6-2-1-5-13/h3-4,7,13H,1-2,5-6H2,(H,14,15). The first kappa shape index (κ1) is 12.4. The maximum atomic E-state index is 13.3. The highest BCUT2D eigenvalue weighted by molar-refractivity contribution is 5.87. The van der Waals surface area contributed by atoms with Gasteiger partial charge in [0.15, 0.2) is 11.6 Å². The highest BCUT2D eigenvalue weighted by Crippen LogP contribution is 2.18. The number of aliphatic hydroxyl groups excluding tert-OH is 1. The van der Waals surface area contributed by atoms with Gasteiger partial charge in [-0.05, 0) is 31.0 Å². The third kappa shape index (κ3) is 3.51. The first-order valence-electron chi connectivity index (χ1n) is 4.91. The third-order valence-electron chi connectivity index (χ3n) is 1.99. The van der Waals surface area contributed by atoms with Gasteiger partial charge in [-0.2, -0.15) is 0 Å². The Morgan fingerprint density at radius 1 is 1.38 bits per heavy atom. The SMILES string of the molecule is O=C(O)c1ccc(OCCCCO)c(F)c1. The van der Waals surface area contributed by atoms with Crippen molar-refractivity contribution in [1.82, 2.24) is 0 Å². The van der Waals surface area contributed by atoms with Crippen molar-refractivity contribution in [2.75, 3.05) is 13.2 Å². The van der Waals surface area contributed by atoms with E-state index in [-0.39, 0.29) is 17.9 Å². The number of halogens is 1. The number of carboxylic acids is 1. The Bertz CT molecular complexity index is 365. The van der Waals surface area contributed by atoms with Crippen molar-refractivity contribution in [3.63, 3.8) is 0 Å². The van der Waals surface area contributed by atoms with Gasteiger partial charge >= 0.3 is 5.97 Å². The first-order valence-corrected chi connectivity index (χ1v) is 4.91. The van der Waals surface area contributed by atoms with Gasteiger partial charge in [0, 0.05) is 6.61 Å². The Labute approximate surface area is 92.3 Å². The largest absolute Gasteiger partial charge is 0.491 e. The number of carbonyl (C=O) groups is 1. The maximum absolute atomic E-state index is 13.3. The van der Waals surface area contributed by atoms with E-state index in [0.29, 0.717) is 19.4 Å². The topological polar surface area (TPSA) is 66.8 Å². The van der Waals surface area contributed by atoms with E-state index >= 15 is 0 Å². The minimum Gasteiger partial charge on any atom is -0.491 e. The average molecular weight is 228 g/mol. The predicted octanol–water partition coefficient (Wildman–Crippen LogP) is 1.68. The molecule has 0 atom stereocenters. The lowest BCUT2D eigenvalue weighted by atomic mass is 10.2. The number of hydrogen-bond acceptors (Lipinski definition) is 3. The molecule has 1 aromatic carbocycles. The van der Waals surface area contributed by atoms with Crippen LogP contribution >= 0.6 is 0 Å². The lowest BCUT2D eigenvalue weighted by Gasteiger charge is -2.06. The van der Waals surface area contributed by atoms with Crippen LogP contribution in [0.3, 0.4) is 0 Å². The molecular formula is C11H13FO4. The number of aliphatic hydroxyl groups is 1. The molecule has 0 fully saturated rings. The molecule has 0 unspecified atom stereocenters. The number of carboxylic acid groups (broad SMARTS) is 1. The molecule has 1 rings (SSSR count). The van der Waals surface area contributed by atoms with Crippen molar-refractivity contribution in [1.29, 1.82) is 0 Å². The monoisotopic (exact) mass is 228 g/mol. The van der Waals surface area contributed by atoms with E-state index in [2.05, 4.69) is 0 Å². The Hall–Kier alpha value is -1.62. The van der Waals surface area contributed by atoms with Gasteiger partial charge in [-0.3, -0.25) is 0 Å². The zero-order valence-electron chi connectivity index (χ0n) is 8.65. The van der Waals surface area contributed by atoms with E-state index in [0.717, 1.165) is 6.07 Å². The van der Waals surface area contributed by atoms with E-state index in [4.69, 9.17) is 14.9 Å². The van der Waals surface area contributed by atoms with Crippen LogP contribution in [0.2, 0.25) is 0 Å². The van der Waals surface area contributed by atoms with Gasteiger partial charge in [-0.15, -0.1) is 0 Å². The zero-order valence-corrected chi connectivity index (χ0v) is 8.65. The van der Waals surface area contributed by atoms with Gasteiger partial charge < -0.3 is 14.9 Å². The molecule has 2 N–H and O–H groups in total. The Morgan fingerprint density at radius 2 is 2.12 bits per heavy atom. The molecule has 88 valence electrons. The minimum absolute atomic E-state index is 0.0305. The maximum Gasteiger partial charge on any atom is 0.335 e. The summed E-state index contributed by atoms with van der Waals surface area (Å²) in [5, 5.41) is 17.1. The van der Waals surface area contributed by atoms with E-state index in [1.165, 1.54) is 12.1 Å². The fourth-order valence-electron chi connectivity index (χ4n) is 1.15. The molecule has 16 heavy (non-hydrogen) atoms. The van der Waals surface area contributed by atoms with Crippen LogP contribution in [0.25, 0.3) is 0 Å². The van der Waals surface area contributed by atoms with E-state index in [1.54, 1.807) is 0 Å². The van der Waals surface area contributed by atoms with Gasteiger partial charge in [0.25, 0.3) is 0 Å². The number of rotatable bonds is 6. The summed E-state index contributed by atoms with van der Waals surface area (Å²) in [6.45, 7) is 0.369. The molecule has 0 saturated carbocycles. The van der Waals surface area contributed by atoms with Crippen LogP contribution in [0.5, 0.6) is 5.75 Å². The first-order chi connectivity index (χ1) is 7.65. The summed E-state index contributed by atoms with van der Waals surface area (Å²) in [5.41, 5.74) is -0.111. The summed E-state index contributed by atoms with van der Waals surface area (Å²) in [5.74, 6) is -1.84. The van der Waals surface area contributed by atoms with Crippen LogP contribution in [-0.4, -0.2) is 29.4 Å². The molecule has 0 saturated heterocycles. The van der Waals surface area contributed by atoms with Crippen LogP contribution in [0, 0.1) is 5.82 Å². The smallest absolute Gasteiger partial charge is 0.335 e. The number of aromatic carboxylic acids is 1. The molecule has 0 bridgehead atoms. The molecule has 0 aromatic heterocycles. The van der Waals surface area contributed by atoms with Gasteiger partial charge in [-0.25, -0.2) is 9.18 Å². The molecular weight excluding hydrogens is 215 g/mol. The lowest BCUT2D eigenvalue weighted by molar-refractivity contribution is 0.0696. The van der Waals surface area contributed by atoms with Crippen LogP contribution in [0.1, 0.15) is 23.2 Å². The summed E-state index contributed by atoms with van der Waals surface area (Å²) in [6.07, 6.45) is 1.21. The van der Waals surface area contributed by atoms with E-state index < -0.39 is 11.8 Å². The molecule has 0 amide bonds. The highest BCUT2D eigenvalue weighted by Gasteiger charge is 2.08. The zero-order chi connectivity index (χ0) is 12.0. The van der Waals surface area contributed by atoms with Crippen molar-refractivity contribution >= 4 is 5.97 Å². The van der Waals surface area contributed by atoms with Crippen molar-refractivity contribution in [3.05, 3.63) is 29.6 Å². The third-order valence-corrected chi connectivity index (χ3v) is 1.99. The minimum atomic E-state index is -1.18. The number of ether oxygens (including phenoxy) is 1. The van der Waals surface area contributed by atoms with Crippen LogP contribution in [0.4, 0.5) is 4.39 Å². The summed E-state index contributed by atoms with van der Waals surface area (Å²) in [7, 11) is 0. The molecule has 4 nitrogen and oxygen atoms in total. The second kappa shape index (κ2) is 6.07. The summed E-state index contributed by atoms with van der Waals surface area (Å²) in [6, 6.07) is 3.49. The fourth-order valence-corrected chi connectivity index (χ4v) is 1.15. The molecule has 0 aliphatic carbocycles. The second-order valence-electron chi connectivity index (χ2n) is 3.23.